The summed E-state index contributed by atoms with van der Waals surface area (Å²) in [5.41, 5.74) is 5.74. The summed E-state index contributed by atoms with van der Waals surface area (Å²) in [7, 11) is 0. The molecule has 0 aromatic heterocycles. The minimum atomic E-state index is -1.32. The number of primary amides is 1. The quantitative estimate of drug-likeness (QED) is 0.0724. The van der Waals surface area contributed by atoms with Crippen molar-refractivity contribution in [3.63, 3.8) is 0 Å². The van der Waals surface area contributed by atoms with E-state index < -0.39 is 84.9 Å². The first kappa shape index (κ1) is 44.9. The van der Waals surface area contributed by atoms with Crippen molar-refractivity contribution in [3.05, 3.63) is 0 Å². The lowest BCUT2D eigenvalue weighted by molar-refractivity contribution is -0.140. The molecule has 0 saturated heterocycles. The Bertz CT molecular complexity index is 1070. The first-order valence-corrected chi connectivity index (χ1v) is 17.1. The van der Waals surface area contributed by atoms with Crippen molar-refractivity contribution in [1.82, 2.24) is 21.3 Å². The number of Topliss-reactive ketones (excluding diaryl/α,β-unsaturated/α-hetero) is 1. The number of nitrogens with one attached hydrogen (secondary N) is 4. The van der Waals surface area contributed by atoms with Gasteiger partial charge in [-0.3, -0.25) is 28.8 Å². The molecular formula is C34H63N5O9. The standard InChI is InChI=1S/C34H63N5O9/c1-17(2)11-23(37-32(33(35)47)21(9)14-27(42)31(20(7)8)39-28(43)13-19(5)6)25(40)15-29(44)36-22(10)34(48)38-24(12-18(3)4)26(41)16-30(45)46/h17-26,31-32,37,40-41H,11-16H2,1-10H3,(H2,35,47)(H,36,44)(H,38,48)(H,39,43)(H,45,46)/t21-,22?,23-,24?,25?,26-,31-,32-/m0/s1. The number of nitrogens with two attached hydrogens (primary N) is 1. The van der Waals surface area contributed by atoms with E-state index in [9.17, 15) is 39.0 Å². The number of aliphatic hydroxyl groups is 2. The molecule has 0 aliphatic heterocycles. The third kappa shape index (κ3) is 17.9. The Balaban J connectivity index is 5.62. The maximum absolute atomic E-state index is 13.3. The lowest BCUT2D eigenvalue weighted by Crippen LogP contribution is -2.56. The summed E-state index contributed by atoms with van der Waals surface area (Å²) in [6.45, 7) is 18.1. The number of carbonyl (C=O) groups is 6. The predicted octanol–water partition coefficient (Wildman–Crippen LogP) is 1.25. The molecule has 8 atom stereocenters. The van der Waals surface area contributed by atoms with Crippen molar-refractivity contribution in [2.45, 2.75) is 150 Å². The first-order chi connectivity index (χ1) is 22.0. The number of aliphatic hydroxyl groups excluding tert-OH is 2. The number of hydrogen-bond acceptors (Lipinski definition) is 9. The molecule has 278 valence electrons. The molecule has 0 saturated carbocycles. The van der Waals surface area contributed by atoms with Crippen LogP contribution in [-0.4, -0.2) is 93.1 Å². The zero-order valence-corrected chi connectivity index (χ0v) is 30.5. The van der Waals surface area contributed by atoms with E-state index in [2.05, 4.69) is 21.3 Å². The van der Waals surface area contributed by atoms with Crippen molar-refractivity contribution < 1.29 is 44.1 Å². The molecule has 0 rings (SSSR count). The molecule has 4 amide bonds. The maximum Gasteiger partial charge on any atom is 0.306 e. The minimum absolute atomic E-state index is 0.0342. The number of carboxylic acids is 1. The highest BCUT2D eigenvalue weighted by Crippen LogP contribution is 2.19. The van der Waals surface area contributed by atoms with Crippen LogP contribution in [0.25, 0.3) is 0 Å². The molecule has 0 fully saturated rings. The molecule has 14 heteroatoms. The third-order valence-corrected chi connectivity index (χ3v) is 7.97. The summed E-state index contributed by atoms with van der Waals surface area (Å²) < 4.78 is 0. The zero-order valence-electron chi connectivity index (χ0n) is 30.5. The summed E-state index contributed by atoms with van der Waals surface area (Å²) in [5, 5.41) is 41.5. The Morgan fingerprint density at radius 2 is 1.10 bits per heavy atom. The van der Waals surface area contributed by atoms with Gasteiger partial charge in [0.1, 0.15) is 6.04 Å². The second-order valence-corrected chi connectivity index (χ2v) is 14.8. The second kappa shape index (κ2) is 21.8. The van der Waals surface area contributed by atoms with E-state index in [1.54, 1.807) is 6.92 Å². The fourth-order valence-electron chi connectivity index (χ4n) is 5.53. The molecule has 0 aromatic carbocycles. The molecule has 0 spiro atoms. The van der Waals surface area contributed by atoms with Crippen LogP contribution in [0.4, 0.5) is 0 Å². The van der Waals surface area contributed by atoms with E-state index in [0.29, 0.717) is 12.8 Å². The van der Waals surface area contributed by atoms with Crippen molar-refractivity contribution in [3.8, 4) is 0 Å². The highest BCUT2D eigenvalue weighted by Gasteiger charge is 2.34. The number of aliphatic carboxylic acids is 1. The van der Waals surface area contributed by atoms with Gasteiger partial charge in [0.05, 0.1) is 43.2 Å². The van der Waals surface area contributed by atoms with Gasteiger partial charge in [-0.15, -0.1) is 0 Å². The van der Waals surface area contributed by atoms with Gasteiger partial charge in [0.15, 0.2) is 5.78 Å². The van der Waals surface area contributed by atoms with Crippen LogP contribution in [0.2, 0.25) is 0 Å². The van der Waals surface area contributed by atoms with Gasteiger partial charge in [0, 0.05) is 18.9 Å². The molecule has 0 radical (unpaired) electrons. The Kier molecular flexibility index (Phi) is 20.4. The van der Waals surface area contributed by atoms with Crippen LogP contribution in [0.3, 0.4) is 0 Å². The van der Waals surface area contributed by atoms with Gasteiger partial charge in [-0.1, -0.05) is 62.3 Å². The SMILES string of the molecule is CC(C)CC(=O)N[C@H](C(=O)C[C@H](C)[C@H](N[C@@H](CC(C)C)C(O)CC(=O)NC(C)C(=O)NC(CC(C)C)[C@@H](O)CC(=O)O)C(N)=O)C(C)C. The van der Waals surface area contributed by atoms with Crippen LogP contribution >= 0.6 is 0 Å². The Morgan fingerprint density at radius 1 is 0.604 bits per heavy atom. The van der Waals surface area contributed by atoms with E-state index in [-0.39, 0.29) is 48.2 Å². The van der Waals surface area contributed by atoms with Crippen LogP contribution in [0.5, 0.6) is 0 Å². The first-order valence-electron chi connectivity index (χ1n) is 17.1. The minimum Gasteiger partial charge on any atom is -0.481 e. The summed E-state index contributed by atoms with van der Waals surface area (Å²) in [6, 6.07) is -4.46. The number of carboxylic acid groups (broad SMARTS) is 1. The molecule has 0 aliphatic rings. The average Bonchev–Trinajstić information content (AvgIpc) is 2.91. The predicted molar refractivity (Wildman–Crippen MR) is 182 cm³/mol. The lowest BCUT2D eigenvalue weighted by Gasteiger charge is -2.32. The monoisotopic (exact) mass is 685 g/mol. The summed E-state index contributed by atoms with van der Waals surface area (Å²) >= 11 is 0. The van der Waals surface area contributed by atoms with Crippen LogP contribution < -0.4 is 27.0 Å². The van der Waals surface area contributed by atoms with Crippen molar-refractivity contribution in [2.24, 2.45) is 35.3 Å². The van der Waals surface area contributed by atoms with E-state index in [4.69, 9.17) is 10.8 Å². The molecule has 9 N–H and O–H groups in total. The van der Waals surface area contributed by atoms with Crippen LogP contribution in [0.15, 0.2) is 0 Å². The summed E-state index contributed by atoms with van der Waals surface area (Å²) in [4.78, 5) is 75.1. The number of rotatable bonds is 24. The number of ketones is 1. The van der Waals surface area contributed by atoms with Crippen LogP contribution in [0, 0.1) is 29.6 Å². The van der Waals surface area contributed by atoms with E-state index >= 15 is 0 Å². The molecule has 0 aliphatic carbocycles. The van der Waals surface area contributed by atoms with Gasteiger partial charge in [-0.25, -0.2) is 0 Å². The van der Waals surface area contributed by atoms with Gasteiger partial charge in [-0.05, 0) is 49.4 Å². The normalized spacial score (nSPS) is 16.8. The van der Waals surface area contributed by atoms with Crippen molar-refractivity contribution in [2.75, 3.05) is 0 Å². The highest BCUT2D eigenvalue weighted by molar-refractivity contribution is 5.90. The molecular weight excluding hydrogens is 622 g/mol. The second-order valence-electron chi connectivity index (χ2n) is 14.8. The van der Waals surface area contributed by atoms with Gasteiger partial charge in [0.2, 0.25) is 23.6 Å². The Morgan fingerprint density at radius 3 is 1.56 bits per heavy atom. The Hall–Kier alpha value is -3.10. The Labute approximate surface area is 286 Å². The van der Waals surface area contributed by atoms with E-state index in [1.165, 1.54) is 6.92 Å². The molecule has 14 nitrogen and oxygen atoms in total. The average molecular weight is 686 g/mol. The topological polar surface area (TPSA) is 237 Å². The number of amides is 4. The number of carbonyl (C=O) groups excluding carboxylic acids is 5. The molecule has 48 heavy (non-hydrogen) atoms. The van der Waals surface area contributed by atoms with Crippen molar-refractivity contribution in [1.29, 1.82) is 0 Å². The summed E-state index contributed by atoms with van der Waals surface area (Å²) in [5.74, 6) is -4.30. The fourth-order valence-corrected chi connectivity index (χ4v) is 5.53. The van der Waals surface area contributed by atoms with Gasteiger partial charge in [-0.2, -0.15) is 0 Å². The fraction of sp³-hybridized carbons (Fsp3) is 0.824. The highest BCUT2D eigenvalue weighted by atomic mass is 16.4. The molecule has 0 heterocycles. The van der Waals surface area contributed by atoms with E-state index in [1.807, 2.05) is 55.4 Å². The summed E-state index contributed by atoms with van der Waals surface area (Å²) in [6.07, 6.45) is -2.71. The van der Waals surface area contributed by atoms with Gasteiger partial charge < -0.3 is 42.3 Å². The third-order valence-electron chi connectivity index (χ3n) is 7.97. The molecule has 0 aromatic rings. The lowest BCUT2D eigenvalue weighted by atomic mass is 9.87. The smallest absolute Gasteiger partial charge is 0.306 e. The maximum atomic E-state index is 13.3. The van der Waals surface area contributed by atoms with Gasteiger partial charge in [0.25, 0.3) is 0 Å². The number of hydrogen-bond donors (Lipinski definition) is 8. The largest absolute Gasteiger partial charge is 0.481 e. The molecule has 3 unspecified atom stereocenters. The molecule has 0 bridgehead atoms. The zero-order chi connectivity index (χ0) is 37.5. The van der Waals surface area contributed by atoms with Gasteiger partial charge >= 0.3 is 5.97 Å². The van der Waals surface area contributed by atoms with Crippen LogP contribution in [-0.2, 0) is 28.8 Å². The van der Waals surface area contributed by atoms with Crippen molar-refractivity contribution >= 4 is 35.4 Å². The van der Waals surface area contributed by atoms with E-state index in [0.717, 1.165) is 0 Å². The van der Waals surface area contributed by atoms with Crippen LogP contribution in [0.1, 0.15) is 108 Å².